The molecule has 0 aromatic heterocycles. The molecule has 130 valence electrons. The maximum Gasteiger partial charge on any atom is 0.238 e. The van der Waals surface area contributed by atoms with Crippen molar-refractivity contribution in [2.45, 2.75) is 0 Å². The molecule has 0 radical (unpaired) electrons. The Bertz CT molecular complexity index is 760. The SMILES string of the molecule is CNC(=O)CN(C)CC(=O)Nc1ccccc1C(=O)c1ccccc1. The van der Waals surface area contributed by atoms with E-state index in [1.807, 2.05) is 6.07 Å². The fraction of sp³-hybridized carbons (Fsp3) is 0.211. The van der Waals surface area contributed by atoms with Crippen molar-refractivity contribution < 1.29 is 14.4 Å². The Kier molecular flexibility index (Phi) is 6.42. The van der Waals surface area contributed by atoms with Gasteiger partial charge in [-0.25, -0.2) is 0 Å². The van der Waals surface area contributed by atoms with Gasteiger partial charge < -0.3 is 10.6 Å². The van der Waals surface area contributed by atoms with Crippen LogP contribution in [-0.2, 0) is 9.59 Å². The van der Waals surface area contributed by atoms with Crippen molar-refractivity contribution in [1.82, 2.24) is 10.2 Å². The number of rotatable bonds is 7. The normalized spacial score (nSPS) is 10.4. The van der Waals surface area contributed by atoms with Gasteiger partial charge in [-0.15, -0.1) is 0 Å². The summed E-state index contributed by atoms with van der Waals surface area (Å²) in [5.41, 5.74) is 1.44. The number of ketones is 1. The van der Waals surface area contributed by atoms with E-state index in [9.17, 15) is 14.4 Å². The Hall–Kier alpha value is -2.99. The van der Waals surface area contributed by atoms with Crippen LogP contribution in [0.5, 0.6) is 0 Å². The van der Waals surface area contributed by atoms with Gasteiger partial charge in [0.25, 0.3) is 0 Å². The highest BCUT2D eigenvalue weighted by molar-refractivity contribution is 6.13. The van der Waals surface area contributed by atoms with Gasteiger partial charge in [0.2, 0.25) is 11.8 Å². The van der Waals surface area contributed by atoms with Crippen molar-refractivity contribution in [2.24, 2.45) is 0 Å². The van der Waals surface area contributed by atoms with E-state index in [-0.39, 0.29) is 30.7 Å². The number of benzene rings is 2. The molecule has 0 fully saturated rings. The zero-order chi connectivity index (χ0) is 18.2. The first-order valence-electron chi connectivity index (χ1n) is 7.89. The van der Waals surface area contributed by atoms with Gasteiger partial charge in [0, 0.05) is 18.2 Å². The van der Waals surface area contributed by atoms with E-state index in [0.29, 0.717) is 16.8 Å². The maximum atomic E-state index is 12.6. The van der Waals surface area contributed by atoms with Crippen LogP contribution in [0.1, 0.15) is 15.9 Å². The van der Waals surface area contributed by atoms with Gasteiger partial charge in [-0.3, -0.25) is 19.3 Å². The minimum absolute atomic E-state index is 0.0429. The summed E-state index contributed by atoms with van der Waals surface area (Å²) >= 11 is 0. The molecule has 2 rings (SSSR count). The van der Waals surface area contributed by atoms with Crippen LogP contribution in [-0.4, -0.2) is 49.7 Å². The van der Waals surface area contributed by atoms with E-state index in [4.69, 9.17) is 0 Å². The first-order valence-corrected chi connectivity index (χ1v) is 7.89. The summed E-state index contributed by atoms with van der Waals surface area (Å²) in [7, 11) is 3.22. The molecule has 0 aliphatic heterocycles. The van der Waals surface area contributed by atoms with Crippen LogP contribution in [0.2, 0.25) is 0 Å². The molecule has 0 saturated carbocycles. The van der Waals surface area contributed by atoms with E-state index in [1.165, 1.54) is 0 Å². The van der Waals surface area contributed by atoms with Gasteiger partial charge in [0.1, 0.15) is 0 Å². The summed E-state index contributed by atoms with van der Waals surface area (Å²) in [5, 5.41) is 5.25. The van der Waals surface area contributed by atoms with E-state index in [1.54, 1.807) is 67.5 Å². The number of hydrogen-bond acceptors (Lipinski definition) is 4. The second kappa shape index (κ2) is 8.75. The summed E-state index contributed by atoms with van der Waals surface area (Å²) in [6, 6.07) is 15.8. The van der Waals surface area contributed by atoms with Gasteiger partial charge in [-0.2, -0.15) is 0 Å². The third-order valence-corrected chi connectivity index (χ3v) is 3.59. The van der Waals surface area contributed by atoms with Crippen molar-refractivity contribution in [1.29, 1.82) is 0 Å². The molecule has 2 amide bonds. The van der Waals surface area contributed by atoms with Gasteiger partial charge in [-0.05, 0) is 19.2 Å². The minimum atomic E-state index is -0.292. The number of carbonyl (C=O) groups is 3. The Balaban J connectivity index is 2.09. The highest BCUT2D eigenvalue weighted by atomic mass is 16.2. The van der Waals surface area contributed by atoms with Gasteiger partial charge in [0.15, 0.2) is 5.78 Å². The third-order valence-electron chi connectivity index (χ3n) is 3.59. The molecule has 2 aromatic rings. The molecule has 2 N–H and O–H groups in total. The summed E-state index contributed by atoms with van der Waals surface area (Å²) in [6.07, 6.45) is 0. The number of anilines is 1. The summed E-state index contributed by atoms with van der Waals surface area (Å²) < 4.78 is 0. The first kappa shape index (κ1) is 18.4. The Morgan fingerprint density at radius 2 is 1.48 bits per heavy atom. The van der Waals surface area contributed by atoms with E-state index >= 15 is 0 Å². The summed E-state index contributed by atoms with van der Waals surface area (Å²) in [5.74, 6) is -0.620. The Morgan fingerprint density at radius 1 is 0.880 bits per heavy atom. The van der Waals surface area contributed by atoms with E-state index in [2.05, 4.69) is 10.6 Å². The number of amides is 2. The molecule has 0 spiro atoms. The van der Waals surface area contributed by atoms with Crippen LogP contribution >= 0.6 is 0 Å². The van der Waals surface area contributed by atoms with E-state index < -0.39 is 0 Å². The second-order valence-electron chi connectivity index (χ2n) is 5.63. The molecule has 6 heteroatoms. The van der Waals surface area contributed by atoms with Crippen LogP contribution < -0.4 is 10.6 Å². The van der Waals surface area contributed by atoms with Gasteiger partial charge in [-0.1, -0.05) is 42.5 Å². The highest BCUT2D eigenvalue weighted by Crippen LogP contribution is 2.19. The number of para-hydroxylation sites is 1. The zero-order valence-corrected chi connectivity index (χ0v) is 14.3. The van der Waals surface area contributed by atoms with Crippen molar-refractivity contribution in [3.05, 3.63) is 65.7 Å². The highest BCUT2D eigenvalue weighted by Gasteiger charge is 2.16. The molecule has 0 unspecified atom stereocenters. The third kappa shape index (κ3) is 5.26. The van der Waals surface area contributed by atoms with Crippen LogP contribution in [0.4, 0.5) is 5.69 Å². The predicted molar refractivity (Wildman–Crippen MR) is 96.5 cm³/mol. The maximum absolute atomic E-state index is 12.6. The minimum Gasteiger partial charge on any atom is -0.358 e. The van der Waals surface area contributed by atoms with Gasteiger partial charge >= 0.3 is 0 Å². The largest absolute Gasteiger partial charge is 0.358 e. The van der Waals surface area contributed by atoms with Crippen molar-refractivity contribution in [3.63, 3.8) is 0 Å². The number of carbonyl (C=O) groups excluding carboxylic acids is 3. The fourth-order valence-electron chi connectivity index (χ4n) is 2.35. The number of nitrogens with one attached hydrogen (secondary N) is 2. The van der Waals surface area contributed by atoms with E-state index in [0.717, 1.165) is 0 Å². The lowest BCUT2D eigenvalue weighted by Crippen LogP contribution is -2.37. The van der Waals surface area contributed by atoms with Crippen molar-refractivity contribution in [3.8, 4) is 0 Å². The molecule has 0 aliphatic carbocycles. The van der Waals surface area contributed by atoms with Crippen LogP contribution in [0.25, 0.3) is 0 Å². The molecule has 25 heavy (non-hydrogen) atoms. The molecule has 0 heterocycles. The first-order chi connectivity index (χ1) is 12.0. The average molecular weight is 339 g/mol. The van der Waals surface area contributed by atoms with Crippen LogP contribution in [0.15, 0.2) is 54.6 Å². The number of hydrogen-bond donors (Lipinski definition) is 2. The quantitative estimate of drug-likeness (QED) is 0.750. The fourth-order valence-corrected chi connectivity index (χ4v) is 2.35. The standard InChI is InChI=1S/C19H21N3O3/c1-20-17(23)12-22(2)13-18(24)21-16-11-7-6-10-15(16)19(25)14-8-4-3-5-9-14/h3-11H,12-13H2,1-2H3,(H,20,23)(H,21,24). The van der Waals surface area contributed by atoms with Gasteiger partial charge in [0.05, 0.1) is 18.8 Å². The Labute approximate surface area is 146 Å². The average Bonchev–Trinajstić information content (AvgIpc) is 2.62. The molecule has 2 aromatic carbocycles. The lowest BCUT2D eigenvalue weighted by Gasteiger charge is -2.16. The lowest BCUT2D eigenvalue weighted by molar-refractivity contribution is -0.122. The Morgan fingerprint density at radius 3 is 2.16 bits per heavy atom. The van der Waals surface area contributed by atoms with Crippen molar-refractivity contribution in [2.75, 3.05) is 32.5 Å². The second-order valence-corrected chi connectivity index (χ2v) is 5.63. The number of nitrogens with zero attached hydrogens (tertiary/aromatic N) is 1. The molecule has 0 aliphatic rings. The molecule has 0 saturated heterocycles. The molecule has 6 nitrogen and oxygen atoms in total. The van der Waals surface area contributed by atoms with Crippen LogP contribution in [0.3, 0.4) is 0 Å². The monoisotopic (exact) mass is 339 g/mol. The topological polar surface area (TPSA) is 78.5 Å². The molecule has 0 bridgehead atoms. The summed E-state index contributed by atoms with van der Waals surface area (Å²) in [6.45, 7) is 0.162. The number of likely N-dealkylation sites (N-methyl/N-ethyl adjacent to an activating group) is 2. The summed E-state index contributed by atoms with van der Waals surface area (Å²) in [4.78, 5) is 37.8. The molecule has 0 atom stereocenters. The molecular formula is C19H21N3O3. The van der Waals surface area contributed by atoms with Crippen LogP contribution in [0, 0.1) is 0 Å². The zero-order valence-electron chi connectivity index (χ0n) is 14.3. The van der Waals surface area contributed by atoms with Crippen molar-refractivity contribution >= 4 is 23.3 Å². The smallest absolute Gasteiger partial charge is 0.238 e. The predicted octanol–water partition coefficient (Wildman–Crippen LogP) is 1.53. The molecular weight excluding hydrogens is 318 g/mol. The lowest BCUT2D eigenvalue weighted by atomic mass is 10.0.